The molecular formula is C20H32N2O2. The van der Waals surface area contributed by atoms with Gasteiger partial charge in [-0.3, -0.25) is 9.69 Å². The van der Waals surface area contributed by atoms with Gasteiger partial charge in [-0.25, -0.2) is 0 Å². The van der Waals surface area contributed by atoms with Crippen molar-refractivity contribution in [2.45, 2.75) is 59.2 Å². The molecule has 1 N–H and O–H groups in total. The van der Waals surface area contributed by atoms with Crippen molar-refractivity contribution in [1.29, 1.82) is 0 Å². The lowest BCUT2D eigenvalue weighted by Crippen LogP contribution is -2.35. The fraction of sp³-hybridized carbons (Fsp3) is 0.650. The summed E-state index contributed by atoms with van der Waals surface area (Å²) >= 11 is 0. The fourth-order valence-electron chi connectivity index (χ4n) is 3.12. The smallest absolute Gasteiger partial charge is 0.249 e. The van der Waals surface area contributed by atoms with Gasteiger partial charge in [0.05, 0.1) is 0 Å². The zero-order valence-electron chi connectivity index (χ0n) is 15.4. The summed E-state index contributed by atoms with van der Waals surface area (Å²) in [5, 5.41) is 2.97. The number of carbonyl (C=O) groups is 1. The number of nitrogens with zero attached hydrogens (tertiary/aromatic N) is 1. The maximum Gasteiger partial charge on any atom is 0.249 e. The number of hydrogen-bond acceptors (Lipinski definition) is 3. The summed E-state index contributed by atoms with van der Waals surface area (Å²) in [4.78, 5) is 14.6. The molecule has 4 heteroatoms. The summed E-state index contributed by atoms with van der Waals surface area (Å²) in [5.74, 6) is 0.849. The lowest BCUT2D eigenvalue weighted by molar-refractivity contribution is -0.132. The minimum Gasteiger partial charge on any atom is -0.369 e. The van der Waals surface area contributed by atoms with E-state index in [1.807, 2.05) is 13.8 Å². The maximum atomic E-state index is 12.1. The summed E-state index contributed by atoms with van der Waals surface area (Å²) in [6.45, 7) is 10.8. The fourth-order valence-corrected chi connectivity index (χ4v) is 3.12. The van der Waals surface area contributed by atoms with Crippen LogP contribution in [0.1, 0.15) is 51.2 Å². The molecule has 0 radical (unpaired) electrons. The Labute approximate surface area is 146 Å². The van der Waals surface area contributed by atoms with E-state index < -0.39 is 0 Å². The van der Waals surface area contributed by atoms with Crippen LogP contribution < -0.4 is 5.32 Å². The lowest BCUT2D eigenvalue weighted by atomic mass is 9.99. The van der Waals surface area contributed by atoms with E-state index in [1.165, 1.54) is 31.5 Å². The normalized spacial score (nSPS) is 17.6. The summed E-state index contributed by atoms with van der Waals surface area (Å²) in [5.41, 5.74) is 2.48. The number of ether oxygens (including phenoxy) is 1. The molecule has 1 saturated heterocycles. The van der Waals surface area contributed by atoms with Gasteiger partial charge >= 0.3 is 0 Å². The Kier molecular flexibility index (Phi) is 7.73. The third-order valence-corrected chi connectivity index (χ3v) is 4.80. The first-order chi connectivity index (χ1) is 11.6. The topological polar surface area (TPSA) is 41.6 Å². The molecule has 1 aliphatic heterocycles. The average Bonchev–Trinajstić information content (AvgIpc) is 2.60. The van der Waals surface area contributed by atoms with Crippen LogP contribution >= 0.6 is 0 Å². The molecule has 1 fully saturated rings. The van der Waals surface area contributed by atoms with E-state index in [0.717, 1.165) is 18.0 Å². The predicted molar refractivity (Wildman–Crippen MR) is 97.7 cm³/mol. The molecule has 4 nitrogen and oxygen atoms in total. The van der Waals surface area contributed by atoms with E-state index in [9.17, 15) is 4.79 Å². The van der Waals surface area contributed by atoms with Gasteiger partial charge < -0.3 is 10.1 Å². The van der Waals surface area contributed by atoms with Crippen molar-refractivity contribution in [3.05, 3.63) is 35.4 Å². The Morgan fingerprint density at radius 2 is 1.83 bits per heavy atom. The van der Waals surface area contributed by atoms with E-state index in [1.54, 1.807) is 0 Å². The van der Waals surface area contributed by atoms with E-state index in [0.29, 0.717) is 19.6 Å². The molecule has 1 aromatic rings. The third kappa shape index (κ3) is 5.91. The number of nitrogens with one attached hydrogen (secondary N) is 1. The van der Waals surface area contributed by atoms with Crippen molar-refractivity contribution in [2.24, 2.45) is 5.92 Å². The molecule has 0 saturated carbocycles. The second-order valence-electron chi connectivity index (χ2n) is 6.85. The van der Waals surface area contributed by atoms with Crippen LogP contribution in [0.5, 0.6) is 0 Å². The molecule has 0 bridgehead atoms. The minimum absolute atomic E-state index is 0.0223. The van der Waals surface area contributed by atoms with Gasteiger partial charge in [0.1, 0.15) is 6.10 Å². The van der Waals surface area contributed by atoms with Crippen molar-refractivity contribution in [2.75, 3.05) is 19.7 Å². The van der Waals surface area contributed by atoms with Gasteiger partial charge in [0, 0.05) is 19.7 Å². The van der Waals surface area contributed by atoms with Gasteiger partial charge in [0.25, 0.3) is 0 Å². The van der Waals surface area contributed by atoms with Gasteiger partial charge in [-0.1, -0.05) is 38.1 Å². The molecule has 0 aliphatic carbocycles. The number of amides is 1. The Morgan fingerprint density at radius 1 is 1.21 bits per heavy atom. The van der Waals surface area contributed by atoms with Crippen molar-refractivity contribution in [3.8, 4) is 0 Å². The van der Waals surface area contributed by atoms with E-state index in [-0.39, 0.29) is 12.0 Å². The number of rotatable bonds is 8. The molecule has 1 heterocycles. The van der Waals surface area contributed by atoms with Gasteiger partial charge in [-0.15, -0.1) is 0 Å². The second kappa shape index (κ2) is 9.80. The zero-order chi connectivity index (χ0) is 17.4. The highest BCUT2D eigenvalue weighted by Gasteiger charge is 2.16. The predicted octanol–water partition coefficient (Wildman–Crippen LogP) is 3.35. The highest BCUT2D eigenvalue weighted by atomic mass is 16.5. The molecule has 24 heavy (non-hydrogen) atoms. The quantitative estimate of drug-likeness (QED) is 0.794. The van der Waals surface area contributed by atoms with Gasteiger partial charge in [-0.05, 0) is 56.3 Å². The van der Waals surface area contributed by atoms with E-state index in [2.05, 4.69) is 41.4 Å². The standard InChI is InChI=1S/C20H32N2O2/c1-4-19(24-5-2)20(23)21-14-17-6-8-18(9-7-17)15-22-12-10-16(3)11-13-22/h6-9,16,19H,4-5,10-15H2,1-3H3,(H,21,23). The van der Waals surface area contributed by atoms with E-state index >= 15 is 0 Å². The number of benzene rings is 1. The van der Waals surface area contributed by atoms with Gasteiger partial charge in [-0.2, -0.15) is 0 Å². The number of hydrogen-bond donors (Lipinski definition) is 1. The molecular weight excluding hydrogens is 300 g/mol. The highest BCUT2D eigenvalue weighted by Crippen LogP contribution is 2.18. The second-order valence-corrected chi connectivity index (χ2v) is 6.85. The molecule has 1 aliphatic rings. The van der Waals surface area contributed by atoms with Crippen LogP contribution in [0.3, 0.4) is 0 Å². The molecule has 2 rings (SSSR count). The Hall–Kier alpha value is -1.39. The van der Waals surface area contributed by atoms with Crippen molar-refractivity contribution < 1.29 is 9.53 Å². The van der Waals surface area contributed by atoms with Crippen LogP contribution in [0.15, 0.2) is 24.3 Å². The van der Waals surface area contributed by atoms with Crippen molar-refractivity contribution >= 4 is 5.91 Å². The number of carbonyl (C=O) groups excluding carboxylic acids is 1. The molecule has 0 spiro atoms. The van der Waals surface area contributed by atoms with E-state index in [4.69, 9.17) is 4.74 Å². The monoisotopic (exact) mass is 332 g/mol. The van der Waals surface area contributed by atoms with Gasteiger partial charge in [0.15, 0.2) is 0 Å². The number of piperidine rings is 1. The molecule has 1 atom stereocenters. The first-order valence-corrected chi connectivity index (χ1v) is 9.31. The lowest BCUT2D eigenvalue weighted by Gasteiger charge is -2.30. The van der Waals surface area contributed by atoms with Crippen LogP contribution in [0, 0.1) is 5.92 Å². The molecule has 0 aromatic heterocycles. The Morgan fingerprint density at radius 3 is 2.42 bits per heavy atom. The molecule has 1 unspecified atom stereocenters. The van der Waals surface area contributed by atoms with Crippen LogP contribution in [0.25, 0.3) is 0 Å². The first-order valence-electron chi connectivity index (χ1n) is 9.31. The maximum absolute atomic E-state index is 12.1. The summed E-state index contributed by atoms with van der Waals surface area (Å²) in [7, 11) is 0. The molecule has 1 amide bonds. The molecule has 1 aromatic carbocycles. The number of likely N-dealkylation sites (tertiary alicyclic amines) is 1. The van der Waals surface area contributed by atoms with Crippen LogP contribution in [-0.2, 0) is 22.6 Å². The summed E-state index contributed by atoms with van der Waals surface area (Å²) in [6.07, 6.45) is 2.98. The SMILES string of the molecule is CCOC(CC)C(=O)NCc1ccc(CN2CCC(C)CC2)cc1. The minimum atomic E-state index is -0.337. The van der Waals surface area contributed by atoms with Crippen molar-refractivity contribution in [1.82, 2.24) is 10.2 Å². The summed E-state index contributed by atoms with van der Waals surface area (Å²) < 4.78 is 5.43. The largest absolute Gasteiger partial charge is 0.369 e. The highest BCUT2D eigenvalue weighted by molar-refractivity contribution is 5.80. The Bertz CT molecular complexity index is 493. The van der Waals surface area contributed by atoms with Crippen LogP contribution in [0.2, 0.25) is 0 Å². The average molecular weight is 332 g/mol. The van der Waals surface area contributed by atoms with Crippen LogP contribution in [-0.4, -0.2) is 36.6 Å². The summed E-state index contributed by atoms with van der Waals surface area (Å²) in [6, 6.07) is 8.59. The molecule has 134 valence electrons. The van der Waals surface area contributed by atoms with Gasteiger partial charge in [0.2, 0.25) is 5.91 Å². The Balaban J connectivity index is 1.78. The third-order valence-electron chi connectivity index (χ3n) is 4.80. The first kappa shape index (κ1) is 18.9. The van der Waals surface area contributed by atoms with Crippen LogP contribution in [0.4, 0.5) is 0 Å². The zero-order valence-corrected chi connectivity index (χ0v) is 15.4. The van der Waals surface area contributed by atoms with Crippen molar-refractivity contribution in [3.63, 3.8) is 0 Å².